The monoisotopic (exact) mass is 367 g/mol. The molecular formula is C17H22ClN3O4. The van der Waals surface area contributed by atoms with E-state index in [2.05, 4.69) is 4.57 Å². The zero-order valence-corrected chi connectivity index (χ0v) is 14.8. The Labute approximate surface area is 153 Å². The van der Waals surface area contributed by atoms with Gasteiger partial charge in [-0.15, -0.1) is 0 Å². The van der Waals surface area contributed by atoms with Gasteiger partial charge in [0.15, 0.2) is 0 Å². The van der Waals surface area contributed by atoms with Crippen LogP contribution < -0.4 is 26.6 Å². The molecule has 0 amide bonds. The quantitative estimate of drug-likeness (QED) is 0.547. The van der Waals surface area contributed by atoms with Crippen LogP contribution in [0.3, 0.4) is 0 Å². The Bertz CT molecular complexity index is 705. The standard InChI is InChI=1S/C17H22N3O4.ClH/c1-18-6-7-19(13-18)8-9-20(17-12-22-14-24-17)15-4-2-3-5-16(15)23-11-10-21;/h2-7,12-13,21H,8-11,14H2,1H3;1H/q+1;/p-1. The maximum absolute atomic E-state index is 9.02. The molecule has 25 heavy (non-hydrogen) atoms. The molecule has 7 nitrogen and oxygen atoms in total. The Morgan fingerprint density at radius 1 is 1.36 bits per heavy atom. The minimum absolute atomic E-state index is 0. The smallest absolute Gasteiger partial charge is 0.243 e. The van der Waals surface area contributed by atoms with Gasteiger partial charge in [-0.25, -0.2) is 9.13 Å². The largest absolute Gasteiger partial charge is 1.00 e. The highest BCUT2D eigenvalue weighted by molar-refractivity contribution is 5.61. The number of hydrogen-bond donors (Lipinski definition) is 1. The number of nitrogens with zero attached hydrogens (tertiary/aromatic N) is 3. The number of imidazole rings is 1. The summed E-state index contributed by atoms with van der Waals surface area (Å²) in [4.78, 5) is 2.01. The summed E-state index contributed by atoms with van der Waals surface area (Å²) >= 11 is 0. The number of aliphatic hydroxyl groups excluding tert-OH is 1. The van der Waals surface area contributed by atoms with Gasteiger partial charge in [0, 0.05) is 0 Å². The maximum Gasteiger partial charge on any atom is 0.243 e. The van der Waals surface area contributed by atoms with Gasteiger partial charge in [-0.2, -0.15) is 0 Å². The molecule has 0 saturated heterocycles. The first-order valence-corrected chi connectivity index (χ1v) is 7.84. The lowest BCUT2D eigenvalue weighted by Gasteiger charge is -2.25. The fourth-order valence-corrected chi connectivity index (χ4v) is 2.53. The van der Waals surface area contributed by atoms with Crippen LogP contribution in [-0.2, 0) is 23.1 Å². The lowest BCUT2D eigenvalue weighted by Crippen LogP contribution is -3.00. The number of rotatable bonds is 8. The van der Waals surface area contributed by atoms with Crippen LogP contribution in [0.4, 0.5) is 5.69 Å². The van der Waals surface area contributed by atoms with Crippen LogP contribution in [0, 0.1) is 0 Å². The summed E-state index contributed by atoms with van der Waals surface area (Å²) < 4.78 is 20.5. The number of aryl methyl sites for hydroxylation is 1. The van der Waals surface area contributed by atoms with E-state index in [1.54, 1.807) is 6.26 Å². The summed E-state index contributed by atoms with van der Waals surface area (Å²) in [6.45, 7) is 1.88. The topological polar surface area (TPSA) is 60.0 Å². The zero-order valence-electron chi connectivity index (χ0n) is 14.0. The average Bonchev–Trinajstić information content (AvgIpc) is 3.26. The van der Waals surface area contributed by atoms with Crippen LogP contribution in [0.25, 0.3) is 0 Å². The van der Waals surface area contributed by atoms with Gasteiger partial charge in [-0.3, -0.25) is 0 Å². The van der Waals surface area contributed by atoms with Crippen molar-refractivity contribution < 1.29 is 36.3 Å². The summed E-state index contributed by atoms with van der Waals surface area (Å²) in [7, 11) is 1.99. The third-order valence-electron chi connectivity index (χ3n) is 3.64. The molecule has 0 bridgehead atoms. The highest BCUT2D eigenvalue weighted by Gasteiger charge is 2.21. The summed E-state index contributed by atoms with van der Waals surface area (Å²) in [5, 5.41) is 9.02. The molecule has 2 aromatic rings. The van der Waals surface area contributed by atoms with E-state index in [1.807, 2.05) is 59.5 Å². The lowest BCUT2D eigenvalue weighted by molar-refractivity contribution is -0.671. The molecule has 2 heterocycles. The van der Waals surface area contributed by atoms with Crippen molar-refractivity contribution in [3.05, 3.63) is 55.1 Å². The Hall–Kier alpha value is -2.38. The second kappa shape index (κ2) is 9.19. The molecule has 136 valence electrons. The summed E-state index contributed by atoms with van der Waals surface area (Å²) in [5.74, 6) is 1.34. The minimum atomic E-state index is -0.0312. The van der Waals surface area contributed by atoms with Crippen molar-refractivity contribution >= 4 is 5.69 Å². The SMILES string of the molecule is C[n+]1ccn(CCN(C2=COCO2)c2ccccc2OCCO)c1.[Cl-]. The van der Waals surface area contributed by atoms with Crippen molar-refractivity contribution in [2.75, 3.05) is 31.5 Å². The van der Waals surface area contributed by atoms with Crippen LogP contribution in [0.15, 0.2) is 55.1 Å². The second-order valence-corrected chi connectivity index (χ2v) is 5.39. The fraction of sp³-hybridized carbons (Fsp3) is 0.353. The molecule has 0 fully saturated rings. The van der Waals surface area contributed by atoms with Crippen molar-refractivity contribution in [3.8, 4) is 5.75 Å². The van der Waals surface area contributed by atoms with Crippen molar-refractivity contribution in [1.82, 2.24) is 4.57 Å². The number of aliphatic hydroxyl groups is 1. The molecule has 0 aliphatic carbocycles. The molecule has 3 rings (SSSR count). The van der Waals surface area contributed by atoms with E-state index in [0.717, 1.165) is 12.2 Å². The molecule has 0 unspecified atom stereocenters. The van der Waals surface area contributed by atoms with E-state index in [1.165, 1.54) is 0 Å². The Morgan fingerprint density at radius 3 is 2.88 bits per heavy atom. The summed E-state index contributed by atoms with van der Waals surface area (Å²) in [6, 6.07) is 7.69. The zero-order chi connectivity index (χ0) is 16.8. The molecule has 0 atom stereocenters. The number of para-hydroxylation sites is 2. The van der Waals surface area contributed by atoms with Gasteiger partial charge < -0.3 is 36.6 Å². The molecule has 1 N–H and O–H groups in total. The van der Waals surface area contributed by atoms with E-state index < -0.39 is 0 Å². The number of halogens is 1. The average molecular weight is 368 g/mol. The Balaban J connectivity index is 0.00000225. The fourth-order valence-electron chi connectivity index (χ4n) is 2.53. The van der Waals surface area contributed by atoms with Gasteiger partial charge in [-0.1, -0.05) is 12.1 Å². The van der Waals surface area contributed by atoms with Crippen LogP contribution in [0.5, 0.6) is 5.75 Å². The van der Waals surface area contributed by atoms with E-state index in [-0.39, 0.29) is 32.4 Å². The van der Waals surface area contributed by atoms with Gasteiger partial charge in [0.25, 0.3) is 0 Å². The van der Waals surface area contributed by atoms with Crippen LogP contribution >= 0.6 is 0 Å². The second-order valence-electron chi connectivity index (χ2n) is 5.39. The molecule has 1 aromatic heterocycles. The highest BCUT2D eigenvalue weighted by Crippen LogP contribution is 2.32. The highest BCUT2D eigenvalue weighted by atomic mass is 35.5. The first kappa shape index (κ1) is 19.0. The Morgan fingerprint density at radius 2 is 2.20 bits per heavy atom. The van der Waals surface area contributed by atoms with Crippen LogP contribution in [-0.4, -0.2) is 36.2 Å². The van der Waals surface area contributed by atoms with Gasteiger partial charge in [-0.05, 0) is 12.1 Å². The van der Waals surface area contributed by atoms with Crippen molar-refractivity contribution in [2.24, 2.45) is 7.05 Å². The first-order chi connectivity index (χ1) is 11.8. The summed E-state index contributed by atoms with van der Waals surface area (Å²) in [6.07, 6.45) is 7.65. The lowest BCUT2D eigenvalue weighted by atomic mass is 10.2. The number of ether oxygens (including phenoxy) is 3. The van der Waals surface area contributed by atoms with Crippen molar-refractivity contribution in [3.63, 3.8) is 0 Å². The van der Waals surface area contributed by atoms with Gasteiger partial charge in [0.1, 0.15) is 37.6 Å². The number of anilines is 1. The van der Waals surface area contributed by atoms with Crippen LogP contribution in [0.1, 0.15) is 0 Å². The van der Waals surface area contributed by atoms with Crippen molar-refractivity contribution in [2.45, 2.75) is 6.54 Å². The molecule has 0 radical (unpaired) electrons. The van der Waals surface area contributed by atoms with Gasteiger partial charge in [0.2, 0.25) is 19.0 Å². The molecule has 1 aliphatic heterocycles. The molecule has 1 aromatic carbocycles. The molecule has 0 saturated carbocycles. The van der Waals surface area contributed by atoms with Gasteiger partial charge >= 0.3 is 0 Å². The third kappa shape index (κ3) is 4.80. The maximum atomic E-state index is 9.02. The molecular weight excluding hydrogens is 346 g/mol. The predicted molar refractivity (Wildman–Crippen MR) is 87.1 cm³/mol. The van der Waals surface area contributed by atoms with E-state index in [9.17, 15) is 0 Å². The van der Waals surface area contributed by atoms with E-state index in [0.29, 0.717) is 18.2 Å². The molecule has 8 heteroatoms. The normalized spacial score (nSPS) is 12.6. The van der Waals surface area contributed by atoms with Gasteiger partial charge in [0.05, 0.1) is 25.9 Å². The van der Waals surface area contributed by atoms with E-state index >= 15 is 0 Å². The van der Waals surface area contributed by atoms with Crippen molar-refractivity contribution in [1.29, 1.82) is 0 Å². The number of benzene rings is 1. The summed E-state index contributed by atoms with van der Waals surface area (Å²) in [5.41, 5.74) is 0.874. The Kier molecular flexibility index (Phi) is 6.97. The number of hydrogen-bond acceptors (Lipinski definition) is 5. The molecule has 1 aliphatic rings. The van der Waals surface area contributed by atoms with E-state index in [4.69, 9.17) is 19.3 Å². The predicted octanol–water partition coefficient (Wildman–Crippen LogP) is -2.00. The number of aromatic nitrogens is 2. The third-order valence-corrected chi connectivity index (χ3v) is 3.64. The van der Waals surface area contributed by atoms with Crippen LogP contribution in [0.2, 0.25) is 0 Å². The minimum Gasteiger partial charge on any atom is -1.00 e. The first-order valence-electron chi connectivity index (χ1n) is 7.84. The molecule has 0 spiro atoms.